The predicted molar refractivity (Wildman–Crippen MR) is 134 cm³/mol. The van der Waals surface area contributed by atoms with Crippen LogP contribution in [0, 0.1) is 18.7 Å². The number of hydrogen-bond acceptors (Lipinski definition) is 1. The zero-order valence-electron chi connectivity index (χ0n) is 20.0. The third kappa shape index (κ3) is 4.05. The lowest BCUT2D eigenvalue weighted by atomic mass is 9.64. The Kier molecular flexibility index (Phi) is 6.25. The van der Waals surface area contributed by atoms with Gasteiger partial charge in [0.15, 0.2) is 0 Å². The van der Waals surface area contributed by atoms with Crippen LogP contribution in [0.15, 0.2) is 97.3 Å². The maximum atomic E-state index is 14.2. The van der Waals surface area contributed by atoms with Gasteiger partial charge in [-0.3, -0.25) is 4.79 Å². The lowest BCUT2D eigenvalue weighted by Crippen LogP contribution is -2.47. The molecule has 1 aromatic heterocycles. The van der Waals surface area contributed by atoms with Crippen LogP contribution in [-0.4, -0.2) is 10.5 Å². The highest BCUT2D eigenvalue weighted by atomic mass is 19.1. The van der Waals surface area contributed by atoms with Gasteiger partial charge in [-0.2, -0.15) is 0 Å². The molecule has 0 bridgehead atoms. The zero-order chi connectivity index (χ0) is 24.4. The second-order valence-electron chi connectivity index (χ2n) is 9.54. The molecule has 5 rings (SSSR count). The Balaban J connectivity index is 1.48. The molecule has 1 fully saturated rings. The van der Waals surface area contributed by atoms with Crippen LogP contribution in [0.3, 0.4) is 0 Å². The smallest absolute Gasteiger partial charge is 0.253 e. The zero-order valence-corrected chi connectivity index (χ0v) is 20.0. The third-order valence-corrected chi connectivity index (χ3v) is 7.75. The molecule has 2 atom stereocenters. The molecule has 4 nitrogen and oxygen atoms in total. The Morgan fingerprint density at radius 2 is 1.57 bits per heavy atom. The van der Waals surface area contributed by atoms with Crippen LogP contribution in [0.4, 0.5) is 4.39 Å². The van der Waals surface area contributed by atoms with Crippen LogP contribution in [-0.2, 0) is 16.8 Å². The fraction of sp³-hybridized carbons (Fsp3) is 0.267. The molecule has 178 valence electrons. The Hall–Kier alpha value is -3.73. The number of amides is 1. The van der Waals surface area contributed by atoms with E-state index in [9.17, 15) is 9.18 Å². The summed E-state index contributed by atoms with van der Waals surface area (Å²) in [5, 5.41) is 0. The summed E-state index contributed by atoms with van der Waals surface area (Å²) < 4.78 is 18.6. The van der Waals surface area contributed by atoms with Gasteiger partial charge in [0.2, 0.25) is 5.91 Å². The molecular weight excluding hydrogens is 437 g/mol. The Bertz CT molecular complexity index is 1280. The van der Waals surface area contributed by atoms with Gasteiger partial charge < -0.3 is 5.73 Å². The van der Waals surface area contributed by atoms with Crippen molar-refractivity contribution in [2.75, 3.05) is 0 Å². The van der Waals surface area contributed by atoms with Crippen LogP contribution in [0.25, 0.3) is 0 Å². The molecule has 1 aliphatic rings. The van der Waals surface area contributed by atoms with Gasteiger partial charge in [-0.25, -0.2) is 13.5 Å². The molecule has 1 amide bonds. The number of nitrogens with zero attached hydrogens (tertiary/aromatic N) is 2. The Labute approximate surface area is 205 Å². The van der Waals surface area contributed by atoms with Crippen molar-refractivity contribution in [3.05, 3.63) is 126 Å². The van der Waals surface area contributed by atoms with Gasteiger partial charge >= 0.3 is 0 Å². The van der Waals surface area contributed by atoms with Gasteiger partial charge in [-0.05, 0) is 42.4 Å². The Morgan fingerprint density at radius 3 is 2.17 bits per heavy atom. The predicted octanol–water partition coefficient (Wildman–Crippen LogP) is 5.08. The monoisotopic (exact) mass is 468 g/mol. The molecule has 0 spiro atoms. The minimum Gasteiger partial charge on any atom is -0.369 e. The van der Waals surface area contributed by atoms with E-state index in [0.717, 1.165) is 36.2 Å². The summed E-state index contributed by atoms with van der Waals surface area (Å²) in [6, 6.07) is 27.1. The second-order valence-corrected chi connectivity index (χ2v) is 9.54. The van der Waals surface area contributed by atoms with Crippen LogP contribution in [0.1, 0.15) is 47.8 Å². The van der Waals surface area contributed by atoms with Crippen molar-refractivity contribution in [3.8, 4) is 0 Å². The fourth-order valence-electron chi connectivity index (χ4n) is 6.01. The van der Waals surface area contributed by atoms with Gasteiger partial charge in [0.25, 0.3) is 5.82 Å². The van der Waals surface area contributed by atoms with E-state index in [1.807, 2.05) is 79.0 Å². The first-order chi connectivity index (χ1) is 17.0. The van der Waals surface area contributed by atoms with Crippen LogP contribution in [0.2, 0.25) is 0 Å². The van der Waals surface area contributed by atoms with Crippen molar-refractivity contribution in [3.63, 3.8) is 0 Å². The molecule has 0 unspecified atom stereocenters. The topological polar surface area (TPSA) is 51.9 Å². The highest BCUT2D eigenvalue weighted by Gasteiger charge is 2.51. The fourth-order valence-corrected chi connectivity index (χ4v) is 6.01. The van der Waals surface area contributed by atoms with E-state index in [-0.39, 0.29) is 23.7 Å². The lowest BCUT2D eigenvalue weighted by molar-refractivity contribution is -0.694. The third-order valence-electron chi connectivity index (χ3n) is 7.75. The highest BCUT2D eigenvalue weighted by molar-refractivity contribution is 5.91. The van der Waals surface area contributed by atoms with Crippen molar-refractivity contribution in [1.29, 1.82) is 0 Å². The summed E-state index contributed by atoms with van der Waals surface area (Å²) in [6.45, 7) is 2.56. The standard InChI is InChI=1S/C30H30FN3O/c1-22-33(21-23-10-8-9-15-28(23)31)18-19-34(22)27-17-16-26(20-27)30(29(32)35,24-11-4-2-5-12-24)25-13-6-3-7-14-25/h2-15,18-19,26-27H,16-17,20-21H2,1H3,(H-,32,35)/p+1/t26-,27+/m0/s1. The van der Waals surface area contributed by atoms with E-state index in [1.54, 1.807) is 6.07 Å². The molecule has 1 saturated carbocycles. The highest BCUT2D eigenvalue weighted by Crippen LogP contribution is 2.49. The summed E-state index contributed by atoms with van der Waals surface area (Å²) in [6.07, 6.45) is 6.78. The summed E-state index contributed by atoms with van der Waals surface area (Å²) in [5.41, 5.74) is 7.93. The van der Waals surface area contributed by atoms with E-state index in [0.29, 0.717) is 12.1 Å². The first-order valence-corrected chi connectivity index (χ1v) is 12.2. The van der Waals surface area contributed by atoms with Crippen molar-refractivity contribution in [2.45, 2.75) is 44.2 Å². The Morgan fingerprint density at radius 1 is 0.971 bits per heavy atom. The van der Waals surface area contributed by atoms with Crippen molar-refractivity contribution in [1.82, 2.24) is 4.57 Å². The number of carbonyl (C=O) groups excluding carboxylic acids is 1. The first-order valence-electron chi connectivity index (χ1n) is 12.2. The number of benzene rings is 3. The maximum absolute atomic E-state index is 14.2. The SMILES string of the molecule is Cc1n([C@@H]2CC[C@H](C(C(N)=O)(c3ccccc3)c3ccccc3)C2)cc[n+]1Cc1ccccc1F. The van der Waals surface area contributed by atoms with Gasteiger partial charge in [0, 0.05) is 12.5 Å². The lowest BCUT2D eigenvalue weighted by Gasteiger charge is -2.37. The van der Waals surface area contributed by atoms with Crippen molar-refractivity contribution < 1.29 is 13.8 Å². The van der Waals surface area contributed by atoms with Crippen LogP contribution >= 0.6 is 0 Å². The first kappa shape index (κ1) is 23.0. The summed E-state index contributed by atoms with van der Waals surface area (Å²) in [7, 11) is 0. The number of primary amides is 1. The van der Waals surface area contributed by atoms with Gasteiger partial charge in [-0.1, -0.05) is 78.9 Å². The van der Waals surface area contributed by atoms with E-state index in [4.69, 9.17) is 5.73 Å². The molecule has 0 saturated heterocycles. The molecule has 35 heavy (non-hydrogen) atoms. The quantitative estimate of drug-likeness (QED) is 0.378. The average Bonchev–Trinajstić information content (AvgIpc) is 3.49. The summed E-state index contributed by atoms with van der Waals surface area (Å²) in [4.78, 5) is 13.3. The molecule has 1 heterocycles. The molecule has 0 radical (unpaired) electrons. The van der Waals surface area contributed by atoms with Crippen LogP contribution in [0.5, 0.6) is 0 Å². The van der Waals surface area contributed by atoms with Gasteiger partial charge in [0.1, 0.15) is 36.2 Å². The molecule has 5 heteroatoms. The van der Waals surface area contributed by atoms with Gasteiger partial charge in [-0.15, -0.1) is 0 Å². The van der Waals surface area contributed by atoms with Crippen LogP contribution < -0.4 is 10.3 Å². The molecule has 1 aliphatic carbocycles. The minimum absolute atomic E-state index is 0.0663. The number of rotatable bonds is 7. The largest absolute Gasteiger partial charge is 0.369 e. The molecule has 3 aromatic carbocycles. The number of hydrogen-bond donors (Lipinski definition) is 1. The number of aromatic nitrogens is 2. The van der Waals surface area contributed by atoms with Crippen molar-refractivity contribution >= 4 is 5.91 Å². The maximum Gasteiger partial charge on any atom is 0.253 e. The molecule has 4 aromatic rings. The molecular formula is C30H31FN3O+. The number of carbonyl (C=O) groups is 1. The number of imidazole rings is 1. The van der Waals surface area contributed by atoms with E-state index in [2.05, 4.69) is 22.3 Å². The number of nitrogens with two attached hydrogens (primary N) is 1. The summed E-state index contributed by atoms with van der Waals surface area (Å²) in [5.74, 6) is 0.643. The molecule has 2 N–H and O–H groups in total. The number of halogens is 1. The molecule has 0 aliphatic heterocycles. The van der Waals surface area contributed by atoms with Crippen molar-refractivity contribution in [2.24, 2.45) is 11.7 Å². The minimum atomic E-state index is -0.887. The average molecular weight is 469 g/mol. The second kappa shape index (κ2) is 9.49. The van der Waals surface area contributed by atoms with E-state index < -0.39 is 5.41 Å². The summed E-state index contributed by atoms with van der Waals surface area (Å²) >= 11 is 0. The van der Waals surface area contributed by atoms with E-state index >= 15 is 0 Å². The normalized spacial score (nSPS) is 18.0. The van der Waals surface area contributed by atoms with Gasteiger partial charge in [0.05, 0.1) is 0 Å². The van der Waals surface area contributed by atoms with E-state index in [1.165, 1.54) is 6.07 Å².